The van der Waals surface area contributed by atoms with Gasteiger partial charge < -0.3 is 19.4 Å². The van der Waals surface area contributed by atoms with Crippen LogP contribution in [0.1, 0.15) is 12.0 Å². The first-order valence-electron chi connectivity index (χ1n) is 11.9. The van der Waals surface area contributed by atoms with E-state index in [9.17, 15) is 0 Å². The third kappa shape index (κ3) is 5.35. The number of nitrogens with zero attached hydrogens (tertiary/aromatic N) is 4. The highest BCUT2D eigenvalue weighted by Crippen LogP contribution is 2.46. The van der Waals surface area contributed by atoms with Gasteiger partial charge in [0, 0.05) is 50.4 Å². The van der Waals surface area contributed by atoms with Gasteiger partial charge in [-0.1, -0.05) is 36.0 Å². The van der Waals surface area contributed by atoms with Crippen molar-refractivity contribution < 1.29 is 4.74 Å². The minimum atomic E-state index is 0.929. The molecular weight excluding hydrogens is 428 g/mol. The number of rotatable bonds is 8. The van der Waals surface area contributed by atoms with Crippen LogP contribution in [0.2, 0.25) is 0 Å². The number of fused-ring (bicyclic) bond motifs is 2. The summed E-state index contributed by atoms with van der Waals surface area (Å²) >= 11 is 1.83. The number of methoxy groups -OCH3 is 1. The zero-order valence-electron chi connectivity index (χ0n) is 19.3. The summed E-state index contributed by atoms with van der Waals surface area (Å²) in [6.07, 6.45) is 4.15. The predicted octanol–water partition coefficient (Wildman–Crippen LogP) is 4.94. The summed E-state index contributed by atoms with van der Waals surface area (Å²) in [5.41, 5.74) is 2.67. The Kier molecular flexibility index (Phi) is 7.15. The SMILES string of the molecule is COc1ccc(CCN2CCN(CCCN3c4ccccc4Sc4cccnc43)CC2)cc1. The van der Waals surface area contributed by atoms with Crippen molar-refractivity contribution in [1.29, 1.82) is 0 Å². The fourth-order valence-corrected chi connectivity index (χ4v) is 5.73. The number of para-hydroxylation sites is 1. The molecular formula is C27H32N4OS. The van der Waals surface area contributed by atoms with Gasteiger partial charge in [-0.15, -0.1) is 0 Å². The van der Waals surface area contributed by atoms with Gasteiger partial charge in [-0.05, 0) is 61.3 Å². The number of anilines is 2. The number of piperazine rings is 1. The van der Waals surface area contributed by atoms with Gasteiger partial charge in [0.25, 0.3) is 0 Å². The summed E-state index contributed by atoms with van der Waals surface area (Å²) in [7, 11) is 1.72. The first-order chi connectivity index (χ1) is 16.3. The second-order valence-electron chi connectivity index (χ2n) is 8.68. The zero-order chi connectivity index (χ0) is 22.5. The quantitative estimate of drug-likeness (QED) is 0.473. The van der Waals surface area contributed by atoms with Crippen LogP contribution in [0.3, 0.4) is 0 Å². The highest BCUT2D eigenvalue weighted by molar-refractivity contribution is 7.99. The molecule has 0 radical (unpaired) electrons. The fraction of sp³-hybridized carbons (Fsp3) is 0.370. The molecule has 2 aromatic carbocycles. The second-order valence-corrected chi connectivity index (χ2v) is 9.77. The van der Waals surface area contributed by atoms with Gasteiger partial charge in [0.1, 0.15) is 11.6 Å². The Morgan fingerprint density at radius 3 is 2.33 bits per heavy atom. The molecule has 2 aliphatic heterocycles. The number of hydrogen-bond donors (Lipinski definition) is 0. The predicted molar refractivity (Wildman–Crippen MR) is 136 cm³/mol. The van der Waals surface area contributed by atoms with E-state index in [1.807, 2.05) is 24.0 Å². The number of aromatic nitrogens is 1. The first kappa shape index (κ1) is 22.3. The van der Waals surface area contributed by atoms with Gasteiger partial charge in [0.05, 0.1) is 17.7 Å². The van der Waals surface area contributed by atoms with E-state index in [4.69, 9.17) is 9.72 Å². The molecule has 0 saturated carbocycles. The summed E-state index contributed by atoms with van der Waals surface area (Å²) in [4.78, 5) is 14.9. The fourth-order valence-electron chi connectivity index (χ4n) is 4.66. The Morgan fingerprint density at radius 2 is 1.55 bits per heavy atom. The average molecular weight is 461 g/mol. The number of ether oxygens (including phenoxy) is 1. The van der Waals surface area contributed by atoms with Crippen molar-refractivity contribution >= 4 is 23.3 Å². The number of pyridine rings is 1. The Hall–Kier alpha value is -2.54. The molecule has 0 aliphatic carbocycles. The highest BCUT2D eigenvalue weighted by atomic mass is 32.2. The Bertz CT molecular complexity index is 1000. The van der Waals surface area contributed by atoms with E-state index < -0.39 is 0 Å². The molecule has 0 unspecified atom stereocenters. The molecule has 1 aromatic heterocycles. The molecule has 0 bridgehead atoms. The molecule has 5 nitrogen and oxygen atoms in total. The summed E-state index contributed by atoms with van der Waals surface area (Å²) < 4.78 is 5.26. The molecule has 3 heterocycles. The summed E-state index contributed by atoms with van der Waals surface area (Å²) in [5, 5.41) is 0. The number of benzene rings is 2. The first-order valence-corrected chi connectivity index (χ1v) is 12.7. The van der Waals surface area contributed by atoms with Crippen LogP contribution in [0.25, 0.3) is 0 Å². The van der Waals surface area contributed by atoms with E-state index in [2.05, 4.69) is 69.3 Å². The molecule has 0 spiro atoms. The smallest absolute Gasteiger partial charge is 0.147 e. The lowest BCUT2D eigenvalue weighted by atomic mass is 10.1. The van der Waals surface area contributed by atoms with Crippen molar-refractivity contribution in [2.75, 3.05) is 57.8 Å². The Balaban J connectivity index is 1.09. The Labute approximate surface area is 201 Å². The lowest BCUT2D eigenvalue weighted by Gasteiger charge is -2.36. The van der Waals surface area contributed by atoms with E-state index in [0.717, 1.165) is 70.2 Å². The largest absolute Gasteiger partial charge is 0.497 e. The molecule has 1 fully saturated rings. The highest BCUT2D eigenvalue weighted by Gasteiger charge is 2.24. The van der Waals surface area contributed by atoms with Crippen molar-refractivity contribution in [2.24, 2.45) is 0 Å². The zero-order valence-corrected chi connectivity index (χ0v) is 20.1. The van der Waals surface area contributed by atoms with Gasteiger partial charge in [0.2, 0.25) is 0 Å². The summed E-state index contributed by atoms with van der Waals surface area (Å²) in [6, 6.07) is 21.4. The third-order valence-corrected chi connectivity index (χ3v) is 7.68. The van der Waals surface area contributed by atoms with E-state index in [-0.39, 0.29) is 0 Å². The van der Waals surface area contributed by atoms with Crippen LogP contribution < -0.4 is 9.64 Å². The molecule has 6 heteroatoms. The normalized spacial score (nSPS) is 16.3. The molecule has 2 aliphatic rings. The topological polar surface area (TPSA) is 31.8 Å². The van der Waals surface area contributed by atoms with Gasteiger partial charge in [-0.3, -0.25) is 0 Å². The van der Waals surface area contributed by atoms with Gasteiger partial charge >= 0.3 is 0 Å². The molecule has 0 atom stereocenters. The van der Waals surface area contributed by atoms with Crippen LogP contribution >= 0.6 is 11.8 Å². The number of hydrogen-bond acceptors (Lipinski definition) is 6. The van der Waals surface area contributed by atoms with Gasteiger partial charge in [0.15, 0.2) is 0 Å². The van der Waals surface area contributed by atoms with Crippen LogP contribution in [0.4, 0.5) is 11.5 Å². The maximum Gasteiger partial charge on any atom is 0.147 e. The molecule has 172 valence electrons. The maximum absolute atomic E-state index is 5.26. The molecule has 0 N–H and O–H groups in total. The standard InChI is InChI=1S/C27H32N4OS/c1-32-23-11-9-22(10-12-23)13-17-30-20-18-29(19-21-30)15-5-16-31-24-6-2-3-7-25(24)33-26-8-4-14-28-27(26)31/h2-4,6-12,14H,5,13,15-21H2,1H3. The molecule has 1 saturated heterocycles. The molecule has 33 heavy (non-hydrogen) atoms. The molecule has 5 rings (SSSR count). The van der Waals surface area contributed by atoms with E-state index >= 15 is 0 Å². The van der Waals surface area contributed by atoms with Crippen LogP contribution in [-0.4, -0.2) is 67.7 Å². The average Bonchev–Trinajstić information content (AvgIpc) is 2.88. The van der Waals surface area contributed by atoms with Gasteiger partial charge in [-0.2, -0.15) is 0 Å². The summed E-state index contributed by atoms with van der Waals surface area (Å²) in [6.45, 7) is 7.89. The molecule has 0 amide bonds. The summed E-state index contributed by atoms with van der Waals surface area (Å²) in [5.74, 6) is 2.03. The van der Waals surface area contributed by atoms with E-state index in [1.165, 1.54) is 21.0 Å². The van der Waals surface area contributed by atoms with Crippen LogP contribution in [0.15, 0.2) is 76.7 Å². The van der Waals surface area contributed by atoms with Crippen molar-refractivity contribution in [3.05, 3.63) is 72.4 Å². The van der Waals surface area contributed by atoms with Crippen molar-refractivity contribution in [2.45, 2.75) is 22.6 Å². The van der Waals surface area contributed by atoms with Crippen LogP contribution in [0.5, 0.6) is 5.75 Å². The second kappa shape index (κ2) is 10.6. The maximum atomic E-state index is 5.26. The minimum absolute atomic E-state index is 0.929. The Morgan fingerprint density at radius 1 is 0.818 bits per heavy atom. The van der Waals surface area contributed by atoms with E-state index in [0.29, 0.717) is 0 Å². The lowest BCUT2D eigenvalue weighted by Crippen LogP contribution is -2.47. The minimum Gasteiger partial charge on any atom is -0.497 e. The monoisotopic (exact) mass is 460 g/mol. The lowest BCUT2D eigenvalue weighted by molar-refractivity contribution is 0.133. The molecule has 3 aromatic rings. The van der Waals surface area contributed by atoms with Gasteiger partial charge in [-0.25, -0.2) is 4.98 Å². The van der Waals surface area contributed by atoms with Crippen LogP contribution in [-0.2, 0) is 6.42 Å². The van der Waals surface area contributed by atoms with Crippen LogP contribution in [0, 0.1) is 0 Å². The van der Waals surface area contributed by atoms with E-state index in [1.54, 1.807) is 7.11 Å². The van der Waals surface area contributed by atoms with Crippen molar-refractivity contribution in [3.8, 4) is 5.75 Å². The van der Waals surface area contributed by atoms with Crippen molar-refractivity contribution in [3.63, 3.8) is 0 Å². The van der Waals surface area contributed by atoms with Crippen molar-refractivity contribution in [1.82, 2.24) is 14.8 Å². The third-order valence-electron chi connectivity index (χ3n) is 6.58.